The van der Waals surface area contributed by atoms with E-state index in [4.69, 9.17) is 5.73 Å². The quantitative estimate of drug-likeness (QED) is 0.751. The monoisotopic (exact) mass is 206 g/mol. The largest absolute Gasteiger partial charge is 0.383 e. The van der Waals surface area contributed by atoms with Crippen molar-refractivity contribution in [3.05, 3.63) is 29.8 Å². The molecule has 0 aliphatic rings. The molecule has 2 heteroatoms. The number of hydrogen-bond acceptors (Lipinski definition) is 2. The van der Waals surface area contributed by atoms with Gasteiger partial charge in [-0.2, -0.15) is 0 Å². The Morgan fingerprint density at radius 2 is 1.93 bits per heavy atom. The normalized spacial score (nSPS) is 12.5. The number of aryl methyl sites for hydroxylation is 1. The van der Waals surface area contributed by atoms with E-state index in [0.29, 0.717) is 0 Å². The number of unbranched alkanes of at least 4 members (excludes halogenated alkanes) is 1. The average molecular weight is 206 g/mol. The molecule has 0 amide bonds. The Balaban J connectivity index is 2.27. The van der Waals surface area contributed by atoms with Gasteiger partial charge in [-0.1, -0.05) is 37.5 Å². The van der Waals surface area contributed by atoms with Crippen LogP contribution in [-0.2, 0) is 0 Å². The topological polar surface area (TPSA) is 38.0 Å². The lowest BCUT2D eigenvalue weighted by Gasteiger charge is -2.13. The van der Waals surface area contributed by atoms with Gasteiger partial charge < -0.3 is 11.1 Å². The van der Waals surface area contributed by atoms with Crippen molar-refractivity contribution in [1.82, 2.24) is 0 Å². The van der Waals surface area contributed by atoms with Crippen molar-refractivity contribution >= 4 is 5.69 Å². The van der Waals surface area contributed by atoms with Crippen LogP contribution < -0.4 is 11.1 Å². The zero-order valence-corrected chi connectivity index (χ0v) is 9.79. The first kappa shape index (κ1) is 12.1. The van der Waals surface area contributed by atoms with Gasteiger partial charge in [0.2, 0.25) is 0 Å². The maximum Gasteiger partial charge on any atom is 0.0340 e. The molecule has 1 rings (SSSR count). The lowest BCUT2D eigenvalue weighted by Crippen LogP contribution is -2.28. The summed E-state index contributed by atoms with van der Waals surface area (Å²) in [4.78, 5) is 0. The highest BCUT2D eigenvalue weighted by Gasteiger charge is 2.00. The summed E-state index contributed by atoms with van der Waals surface area (Å²) in [7, 11) is 0. The van der Waals surface area contributed by atoms with Gasteiger partial charge in [0.15, 0.2) is 0 Å². The summed E-state index contributed by atoms with van der Waals surface area (Å²) in [6.45, 7) is 5.15. The number of anilines is 1. The van der Waals surface area contributed by atoms with Crippen LogP contribution in [0.25, 0.3) is 0 Å². The molecule has 1 aromatic rings. The fourth-order valence-corrected chi connectivity index (χ4v) is 1.49. The van der Waals surface area contributed by atoms with Gasteiger partial charge in [0.25, 0.3) is 0 Å². The smallest absolute Gasteiger partial charge is 0.0340 e. The predicted octanol–water partition coefficient (Wildman–Crippen LogP) is 2.92. The zero-order valence-electron chi connectivity index (χ0n) is 9.79. The molecule has 0 aromatic heterocycles. The Labute approximate surface area is 92.9 Å². The van der Waals surface area contributed by atoms with Crippen LogP contribution in [0.2, 0.25) is 0 Å². The summed E-state index contributed by atoms with van der Waals surface area (Å²) in [6, 6.07) is 8.69. The van der Waals surface area contributed by atoms with Crippen LogP contribution >= 0.6 is 0 Å². The molecule has 0 saturated heterocycles. The third kappa shape index (κ3) is 4.84. The van der Waals surface area contributed by atoms with E-state index in [1.165, 1.54) is 18.4 Å². The van der Waals surface area contributed by atoms with Gasteiger partial charge in [-0.15, -0.1) is 0 Å². The molecule has 0 saturated carbocycles. The van der Waals surface area contributed by atoms with E-state index in [-0.39, 0.29) is 6.04 Å². The number of rotatable bonds is 6. The molecule has 0 aliphatic heterocycles. The van der Waals surface area contributed by atoms with E-state index in [9.17, 15) is 0 Å². The second kappa shape index (κ2) is 6.46. The first-order valence-corrected chi connectivity index (χ1v) is 5.78. The Kier molecular flexibility index (Phi) is 5.19. The summed E-state index contributed by atoms with van der Waals surface area (Å²) in [5, 5.41) is 3.36. The van der Waals surface area contributed by atoms with Crippen LogP contribution in [0.3, 0.4) is 0 Å². The SMILES string of the molecule is CCCCC(N)CNc1ccc(C)cc1. The molecule has 2 nitrogen and oxygen atoms in total. The van der Waals surface area contributed by atoms with Crippen molar-refractivity contribution in [3.8, 4) is 0 Å². The molecule has 0 aliphatic carbocycles. The summed E-state index contributed by atoms with van der Waals surface area (Å²) >= 11 is 0. The molecule has 1 unspecified atom stereocenters. The maximum absolute atomic E-state index is 5.98. The predicted molar refractivity (Wildman–Crippen MR) is 67.2 cm³/mol. The molecule has 0 spiro atoms. The summed E-state index contributed by atoms with van der Waals surface area (Å²) in [6.07, 6.45) is 3.55. The molecule has 0 fully saturated rings. The summed E-state index contributed by atoms with van der Waals surface area (Å²) in [5.41, 5.74) is 8.42. The number of benzene rings is 1. The molecule has 84 valence electrons. The van der Waals surface area contributed by atoms with Crippen molar-refractivity contribution < 1.29 is 0 Å². The summed E-state index contributed by atoms with van der Waals surface area (Å²) in [5.74, 6) is 0. The third-order valence-electron chi connectivity index (χ3n) is 2.55. The zero-order chi connectivity index (χ0) is 11.1. The second-order valence-corrected chi connectivity index (χ2v) is 4.15. The van der Waals surface area contributed by atoms with Crippen LogP contribution in [0.4, 0.5) is 5.69 Å². The van der Waals surface area contributed by atoms with Gasteiger partial charge in [0.1, 0.15) is 0 Å². The highest BCUT2D eigenvalue weighted by Crippen LogP contribution is 2.08. The molecule has 1 aromatic carbocycles. The molecule has 3 N–H and O–H groups in total. The number of hydrogen-bond donors (Lipinski definition) is 2. The molecular weight excluding hydrogens is 184 g/mol. The lowest BCUT2D eigenvalue weighted by atomic mass is 10.1. The van der Waals surface area contributed by atoms with Crippen molar-refractivity contribution in [3.63, 3.8) is 0 Å². The minimum atomic E-state index is 0.270. The first-order chi connectivity index (χ1) is 7.22. The van der Waals surface area contributed by atoms with Crippen molar-refractivity contribution in [2.24, 2.45) is 5.73 Å². The molecule has 15 heavy (non-hydrogen) atoms. The minimum absolute atomic E-state index is 0.270. The van der Waals surface area contributed by atoms with Crippen molar-refractivity contribution in [1.29, 1.82) is 0 Å². The van der Waals surface area contributed by atoms with Crippen LogP contribution in [0.15, 0.2) is 24.3 Å². The first-order valence-electron chi connectivity index (χ1n) is 5.78. The van der Waals surface area contributed by atoms with Crippen LogP contribution in [0, 0.1) is 6.92 Å². The van der Waals surface area contributed by atoms with E-state index in [0.717, 1.165) is 18.7 Å². The Bertz CT molecular complexity index is 266. The fraction of sp³-hybridized carbons (Fsp3) is 0.538. The minimum Gasteiger partial charge on any atom is -0.383 e. The van der Waals surface area contributed by atoms with Gasteiger partial charge in [0.05, 0.1) is 0 Å². The van der Waals surface area contributed by atoms with E-state index >= 15 is 0 Å². The van der Waals surface area contributed by atoms with Gasteiger partial charge in [-0.05, 0) is 25.5 Å². The van der Waals surface area contributed by atoms with Gasteiger partial charge in [-0.25, -0.2) is 0 Å². The van der Waals surface area contributed by atoms with Gasteiger partial charge >= 0.3 is 0 Å². The van der Waals surface area contributed by atoms with Gasteiger partial charge in [0, 0.05) is 18.3 Å². The lowest BCUT2D eigenvalue weighted by molar-refractivity contribution is 0.596. The standard InChI is InChI=1S/C13H22N2/c1-3-4-5-12(14)10-15-13-8-6-11(2)7-9-13/h6-9,12,15H,3-5,10,14H2,1-2H3. The van der Waals surface area contributed by atoms with E-state index in [1.807, 2.05) is 0 Å². The maximum atomic E-state index is 5.98. The molecule has 0 radical (unpaired) electrons. The molecule has 0 bridgehead atoms. The average Bonchev–Trinajstić information content (AvgIpc) is 2.25. The molecule has 0 heterocycles. The van der Waals surface area contributed by atoms with E-state index in [2.05, 4.69) is 43.4 Å². The van der Waals surface area contributed by atoms with Crippen molar-refractivity contribution in [2.45, 2.75) is 39.2 Å². The second-order valence-electron chi connectivity index (χ2n) is 4.15. The number of nitrogens with two attached hydrogens (primary N) is 1. The highest BCUT2D eigenvalue weighted by molar-refractivity contribution is 5.44. The fourth-order valence-electron chi connectivity index (χ4n) is 1.49. The number of nitrogens with one attached hydrogen (secondary N) is 1. The van der Waals surface area contributed by atoms with Gasteiger partial charge in [-0.3, -0.25) is 0 Å². The third-order valence-corrected chi connectivity index (χ3v) is 2.55. The Morgan fingerprint density at radius 1 is 1.27 bits per heavy atom. The van der Waals surface area contributed by atoms with Crippen LogP contribution in [0.5, 0.6) is 0 Å². The molecular formula is C13H22N2. The van der Waals surface area contributed by atoms with Crippen molar-refractivity contribution in [2.75, 3.05) is 11.9 Å². The van der Waals surface area contributed by atoms with Crippen LogP contribution in [0.1, 0.15) is 31.7 Å². The Hall–Kier alpha value is -1.02. The van der Waals surface area contributed by atoms with Crippen LogP contribution in [-0.4, -0.2) is 12.6 Å². The Morgan fingerprint density at radius 3 is 2.53 bits per heavy atom. The van der Waals surface area contributed by atoms with E-state index < -0.39 is 0 Å². The molecule has 1 atom stereocenters. The van der Waals surface area contributed by atoms with E-state index in [1.54, 1.807) is 0 Å². The highest BCUT2D eigenvalue weighted by atomic mass is 14.9. The summed E-state index contributed by atoms with van der Waals surface area (Å²) < 4.78 is 0.